The molecule has 3 atom stereocenters. The van der Waals surface area contributed by atoms with Crippen LogP contribution in [-0.2, 0) is 4.74 Å². The number of imidazole rings is 1. The summed E-state index contributed by atoms with van der Waals surface area (Å²) in [4.78, 5) is 21.7. The summed E-state index contributed by atoms with van der Waals surface area (Å²) in [6, 6.07) is 0. The first-order chi connectivity index (χ1) is 9.42. The zero-order valence-corrected chi connectivity index (χ0v) is 10.2. The Balaban J connectivity index is 2.06. The van der Waals surface area contributed by atoms with Crippen molar-refractivity contribution in [1.29, 1.82) is 0 Å². The Bertz CT molecular complexity index is 711. The lowest BCUT2D eigenvalue weighted by atomic mass is 10.1. The molecule has 20 heavy (non-hydrogen) atoms. The molecule has 0 saturated carbocycles. The van der Waals surface area contributed by atoms with Crippen LogP contribution in [0.2, 0.25) is 0 Å². The molecule has 0 aliphatic carbocycles. The Morgan fingerprint density at radius 2 is 2.45 bits per heavy atom. The van der Waals surface area contributed by atoms with Crippen LogP contribution in [0.3, 0.4) is 0 Å². The Hall–Kier alpha value is -2.04. The molecule has 9 nitrogen and oxygen atoms in total. The van der Waals surface area contributed by atoms with Crippen molar-refractivity contribution in [2.45, 2.75) is 24.6 Å². The van der Waals surface area contributed by atoms with E-state index in [1.807, 2.05) is 0 Å². The van der Waals surface area contributed by atoms with Gasteiger partial charge in [0.1, 0.15) is 12.3 Å². The summed E-state index contributed by atoms with van der Waals surface area (Å²) < 4.78 is 20.3. The summed E-state index contributed by atoms with van der Waals surface area (Å²) in [5.74, 6) is -2.78. The Morgan fingerprint density at radius 3 is 3.10 bits per heavy atom. The molecule has 0 bridgehead atoms. The number of hydrogen-bond donors (Lipinski definition) is 4. The lowest BCUT2D eigenvalue weighted by Gasteiger charge is -2.16. The third-order valence-electron chi connectivity index (χ3n) is 3.20. The molecule has 2 aromatic rings. The average molecular weight is 285 g/mol. The lowest BCUT2D eigenvalue weighted by Crippen LogP contribution is -2.35. The van der Waals surface area contributed by atoms with Crippen molar-refractivity contribution in [2.24, 2.45) is 0 Å². The number of nitrogens with one attached hydrogen (secondary N) is 1. The molecule has 0 unspecified atom stereocenters. The number of nitrogens with two attached hydrogens (primary N) is 1. The molecule has 5 N–H and O–H groups in total. The normalized spacial score (nSPS) is 30.1. The monoisotopic (exact) mass is 285 g/mol. The number of alkyl halides is 1. The minimum absolute atomic E-state index is 0.0256. The molecular weight excluding hydrogens is 273 g/mol. The summed E-state index contributed by atoms with van der Waals surface area (Å²) >= 11 is 0. The molecule has 0 amide bonds. The number of aliphatic hydroxyl groups excluding tert-OH is 1. The van der Waals surface area contributed by atoms with Gasteiger partial charge in [-0.05, 0) is 0 Å². The molecule has 0 aromatic carbocycles. The fourth-order valence-electron chi connectivity index (χ4n) is 2.22. The number of rotatable bonds is 2. The van der Waals surface area contributed by atoms with Crippen LogP contribution in [0.5, 0.6) is 0 Å². The van der Waals surface area contributed by atoms with E-state index in [4.69, 9.17) is 15.6 Å². The number of halogens is 1. The summed E-state index contributed by atoms with van der Waals surface area (Å²) in [7, 11) is 0. The summed E-state index contributed by atoms with van der Waals surface area (Å²) in [5, 5.41) is 18.5. The standard InChI is InChI=1S/C10H12FN5O4/c11-10(19)1-5(20-4(10)2-17)16-3-13-6-7(16)14-9(12)15-8(6)18/h3-5,17,19H,1-2H2,(H3,12,14,15,18)/t4-,5-,10-/m1/s1. The van der Waals surface area contributed by atoms with E-state index in [-0.39, 0.29) is 17.1 Å². The van der Waals surface area contributed by atoms with Crippen LogP contribution >= 0.6 is 0 Å². The van der Waals surface area contributed by atoms with Crippen LogP contribution in [0.15, 0.2) is 11.1 Å². The van der Waals surface area contributed by atoms with E-state index >= 15 is 0 Å². The van der Waals surface area contributed by atoms with Gasteiger partial charge in [-0.2, -0.15) is 4.98 Å². The van der Waals surface area contributed by atoms with Gasteiger partial charge < -0.3 is 20.7 Å². The minimum atomic E-state index is -2.66. The van der Waals surface area contributed by atoms with Crippen LogP contribution in [0.4, 0.5) is 10.3 Å². The van der Waals surface area contributed by atoms with Crippen LogP contribution in [0.1, 0.15) is 12.6 Å². The van der Waals surface area contributed by atoms with Crippen molar-refractivity contribution in [3.63, 3.8) is 0 Å². The molecule has 10 heteroatoms. The highest BCUT2D eigenvalue weighted by Crippen LogP contribution is 2.38. The zero-order chi connectivity index (χ0) is 14.5. The van der Waals surface area contributed by atoms with Crippen LogP contribution in [-0.4, -0.2) is 48.3 Å². The smallest absolute Gasteiger partial charge is 0.280 e. The van der Waals surface area contributed by atoms with Crippen molar-refractivity contribution in [1.82, 2.24) is 19.5 Å². The van der Waals surface area contributed by atoms with E-state index < -0.39 is 36.8 Å². The van der Waals surface area contributed by atoms with Gasteiger partial charge in [-0.25, -0.2) is 9.37 Å². The fourth-order valence-corrected chi connectivity index (χ4v) is 2.22. The number of nitrogen functional groups attached to an aromatic ring is 1. The first-order valence-corrected chi connectivity index (χ1v) is 5.82. The lowest BCUT2D eigenvalue weighted by molar-refractivity contribution is -0.150. The predicted molar refractivity (Wildman–Crippen MR) is 64.2 cm³/mol. The first-order valence-electron chi connectivity index (χ1n) is 5.82. The van der Waals surface area contributed by atoms with Crippen molar-refractivity contribution >= 4 is 17.1 Å². The molecule has 2 aromatic heterocycles. The number of fused-ring (bicyclic) bond motifs is 1. The van der Waals surface area contributed by atoms with Crippen molar-refractivity contribution in [3.05, 3.63) is 16.7 Å². The van der Waals surface area contributed by atoms with Gasteiger partial charge >= 0.3 is 0 Å². The van der Waals surface area contributed by atoms with Gasteiger partial charge in [0.15, 0.2) is 11.2 Å². The summed E-state index contributed by atoms with van der Waals surface area (Å²) in [5.41, 5.74) is 5.06. The van der Waals surface area contributed by atoms with E-state index in [1.54, 1.807) is 0 Å². The van der Waals surface area contributed by atoms with Crippen molar-refractivity contribution in [3.8, 4) is 0 Å². The maximum absolute atomic E-state index is 13.8. The van der Waals surface area contributed by atoms with Gasteiger partial charge in [0, 0.05) is 0 Å². The second-order valence-corrected chi connectivity index (χ2v) is 4.56. The number of nitrogens with zero attached hydrogens (tertiary/aromatic N) is 3. The maximum atomic E-state index is 13.8. The van der Waals surface area contributed by atoms with E-state index in [2.05, 4.69) is 15.0 Å². The highest BCUT2D eigenvalue weighted by atomic mass is 19.2. The molecule has 0 radical (unpaired) electrons. The molecule has 1 aliphatic rings. The van der Waals surface area contributed by atoms with Gasteiger partial charge in [0.05, 0.1) is 19.4 Å². The molecule has 1 saturated heterocycles. The van der Waals surface area contributed by atoms with Gasteiger partial charge in [-0.1, -0.05) is 0 Å². The van der Waals surface area contributed by atoms with Gasteiger partial charge in [-0.15, -0.1) is 0 Å². The molecular formula is C10H12FN5O4. The number of aliphatic hydroxyl groups is 2. The fraction of sp³-hybridized carbons (Fsp3) is 0.500. The predicted octanol–water partition coefficient (Wildman–Crippen LogP) is -1.36. The minimum Gasteiger partial charge on any atom is -0.393 e. The number of hydrogen-bond acceptors (Lipinski definition) is 7. The zero-order valence-electron chi connectivity index (χ0n) is 10.2. The summed E-state index contributed by atoms with van der Waals surface area (Å²) in [6.45, 7) is -0.674. The average Bonchev–Trinajstić information content (AvgIpc) is 2.89. The number of aromatic nitrogens is 4. The molecule has 0 spiro atoms. The Labute approximate surface area is 110 Å². The number of aromatic amines is 1. The van der Waals surface area contributed by atoms with Gasteiger partial charge in [0.25, 0.3) is 5.56 Å². The van der Waals surface area contributed by atoms with E-state index in [1.165, 1.54) is 10.9 Å². The molecule has 1 fully saturated rings. The highest BCUT2D eigenvalue weighted by Gasteiger charge is 2.48. The first kappa shape index (κ1) is 13.0. The Morgan fingerprint density at radius 1 is 1.70 bits per heavy atom. The van der Waals surface area contributed by atoms with E-state index in [9.17, 15) is 14.3 Å². The Kier molecular flexibility index (Phi) is 2.74. The number of H-pyrrole nitrogens is 1. The summed E-state index contributed by atoms with van der Waals surface area (Å²) in [6.07, 6.45) is -1.49. The van der Waals surface area contributed by atoms with Gasteiger partial charge in [0.2, 0.25) is 11.8 Å². The van der Waals surface area contributed by atoms with Gasteiger partial charge in [-0.3, -0.25) is 14.3 Å². The highest BCUT2D eigenvalue weighted by molar-refractivity contribution is 5.70. The van der Waals surface area contributed by atoms with Crippen LogP contribution in [0, 0.1) is 0 Å². The molecule has 3 rings (SSSR count). The molecule has 3 heterocycles. The van der Waals surface area contributed by atoms with E-state index in [0.717, 1.165) is 0 Å². The van der Waals surface area contributed by atoms with Crippen LogP contribution in [0.25, 0.3) is 11.2 Å². The second kappa shape index (κ2) is 4.23. The maximum Gasteiger partial charge on any atom is 0.280 e. The molecule has 1 aliphatic heterocycles. The molecule has 108 valence electrons. The van der Waals surface area contributed by atoms with Crippen molar-refractivity contribution in [2.75, 3.05) is 12.3 Å². The second-order valence-electron chi connectivity index (χ2n) is 4.56. The number of ether oxygens (including phenoxy) is 1. The number of anilines is 1. The quantitative estimate of drug-likeness (QED) is 0.534. The van der Waals surface area contributed by atoms with Crippen LogP contribution < -0.4 is 11.3 Å². The van der Waals surface area contributed by atoms with E-state index in [0.29, 0.717) is 0 Å². The third-order valence-corrected chi connectivity index (χ3v) is 3.20. The SMILES string of the molecule is Nc1nc2c(ncn2[C@H]2C[C@](O)(F)[C@@H](CO)O2)c(=O)[nH]1. The largest absolute Gasteiger partial charge is 0.393 e. The van der Waals surface area contributed by atoms with Crippen molar-refractivity contribution < 1.29 is 19.3 Å². The third kappa shape index (κ3) is 1.85. The topological polar surface area (TPSA) is 139 Å².